The van der Waals surface area contributed by atoms with Crippen LogP contribution in [0.1, 0.15) is 30.0 Å². The molecule has 1 aromatic heterocycles. The first-order chi connectivity index (χ1) is 11.5. The van der Waals surface area contributed by atoms with Crippen LogP contribution in [0, 0.1) is 5.41 Å². The third kappa shape index (κ3) is 2.21. The van der Waals surface area contributed by atoms with Crippen molar-refractivity contribution in [1.29, 1.82) is 0 Å². The minimum absolute atomic E-state index is 0.0912. The standard InChI is InChI=1S/C18H23N5O/c1-22-15(24)10-14(19)21-17(22)23-8-6-18(7-9-23)11-12-4-2-3-5-13(12)16(18)20/h2-5,10,16H,6-9,11,19-20H2,1H3/t16-/m1/s1. The van der Waals surface area contributed by atoms with E-state index in [1.807, 2.05) is 0 Å². The first-order valence-electron chi connectivity index (χ1n) is 8.42. The Hall–Kier alpha value is -2.34. The van der Waals surface area contributed by atoms with E-state index < -0.39 is 0 Å². The van der Waals surface area contributed by atoms with Gasteiger partial charge in [-0.25, -0.2) is 0 Å². The number of nitrogens with zero attached hydrogens (tertiary/aromatic N) is 3. The number of anilines is 2. The van der Waals surface area contributed by atoms with E-state index in [1.54, 1.807) is 11.6 Å². The molecule has 4 N–H and O–H groups in total. The Kier molecular flexibility index (Phi) is 3.38. The highest BCUT2D eigenvalue weighted by atomic mass is 16.1. The summed E-state index contributed by atoms with van der Waals surface area (Å²) in [5, 5.41) is 0. The van der Waals surface area contributed by atoms with Gasteiger partial charge in [-0.2, -0.15) is 4.98 Å². The third-order valence-electron chi connectivity index (χ3n) is 5.77. The second kappa shape index (κ2) is 5.34. The summed E-state index contributed by atoms with van der Waals surface area (Å²) in [5.41, 5.74) is 15.0. The Balaban J connectivity index is 1.58. The van der Waals surface area contributed by atoms with Crippen molar-refractivity contribution < 1.29 is 0 Å². The van der Waals surface area contributed by atoms with Crippen molar-refractivity contribution in [3.63, 3.8) is 0 Å². The summed E-state index contributed by atoms with van der Waals surface area (Å²) < 4.78 is 1.57. The number of nitrogen functional groups attached to an aromatic ring is 1. The van der Waals surface area contributed by atoms with E-state index in [4.69, 9.17) is 11.5 Å². The highest BCUT2D eigenvalue weighted by Gasteiger charge is 2.46. The highest BCUT2D eigenvalue weighted by Crippen LogP contribution is 2.50. The van der Waals surface area contributed by atoms with Crippen LogP contribution in [-0.2, 0) is 13.5 Å². The molecule has 1 spiro atoms. The lowest BCUT2D eigenvalue weighted by Crippen LogP contribution is -2.46. The lowest BCUT2D eigenvalue weighted by molar-refractivity contribution is 0.186. The van der Waals surface area contributed by atoms with Gasteiger partial charge in [0.05, 0.1) is 0 Å². The number of aromatic nitrogens is 2. The molecule has 1 saturated heterocycles. The number of hydrogen-bond donors (Lipinski definition) is 2. The number of fused-ring (bicyclic) bond motifs is 1. The predicted molar refractivity (Wildman–Crippen MR) is 94.8 cm³/mol. The van der Waals surface area contributed by atoms with Gasteiger partial charge in [-0.15, -0.1) is 0 Å². The fourth-order valence-electron chi connectivity index (χ4n) is 4.29. The van der Waals surface area contributed by atoms with E-state index in [0.717, 1.165) is 32.4 Å². The fraction of sp³-hybridized carbons (Fsp3) is 0.444. The van der Waals surface area contributed by atoms with Crippen molar-refractivity contribution in [2.75, 3.05) is 23.7 Å². The van der Waals surface area contributed by atoms with Crippen LogP contribution in [-0.4, -0.2) is 22.6 Å². The molecule has 24 heavy (non-hydrogen) atoms. The summed E-state index contributed by atoms with van der Waals surface area (Å²) in [4.78, 5) is 18.5. The van der Waals surface area contributed by atoms with E-state index in [-0.39, 0.29) is 22.8 Å². The van der Waals surface area contributed by atoms with E-state index in [9.17, 15) is 4.79 Å². The molecule has 1 aromatic carbocycles. The molecule has 2 aliphatic rings. The summed E-state index contributed by atoms with van der Waals surface area (Å²) >= 11 is 0. The average molecular weight is 325 g/mol. The lowest BCUT2D eigenvalue weighted by Gasteiger charge is -2.42. The number of hydrogen-bond acceptors (Lipinski definition) is 5. The fourth-order valence-corrected chi connectivity index (χ4v) is 4.29. The normalized spacial score (nSPS) is 21.9. The zero-order valence-electron chi connectivity index (χ0n) is 13.9. The lowest BCUT2D eigenvalue weighted by atomic mass is 9.73. The highest BCUT2D eigenvalue weighted by molar-refractivity contribution is 5.42. The first-order valence-corrected chi connectivity index (χ1v) is 8.42. The zero-order valence-corrected chi connectivity index (χ0v) is 13.9. The molecule has 126 valence electrons. The van der Waals surface area contributed by atoms with Gasteiger partial charge >= 0.3 is 0 Å². The number of piperidine rings is 1. The molecule has 1 aliphatic carbocycles. The van der Waals surface area contributed by atoms with Gasteiger partial charge < -0.3 is 16.4 Å². The number of benzene rings is 1. The van der Waals surface area contributed by atoms with Gasteiger partial charge in [-0.3, -0.25) is 9.36 Å². The summed E-state index contributed by atoms with van der Waals surface area (Å²) in [6.07, 6.45) is 3.03. The van der Waals surface area contributed by atoms with E-state index in [2.05, 4.69) is 34.1 Å². The van der Waals surface area contributed by atoms with Gasteiger partial charge in [-0.05, 0) is 35.8 Å². The minimum Gasteiger partial charge on any atom is -0.383 e. The molecule has 6 heteroatoms. The molecule has 1 aliphatic heterocycles. The van der Waals surface area contributed by atoms with Crippen molar-refractivity contribution >= 4 is 11.8 Å². The Bertz CT molecular complexity index is 836. The van der Waals surface area contributed by atoms with Crippen LogP contribution in [0.5, 0.6) is 0 Å². The maximum absolute atomic E-state index is 12.0. The van der Waals surface area contributed by atoms with Gasteiger partial charge in [-0.1, -0.05) is 24.3 Å². The Morgan fingerprint density at radius 1 is 1.25 bits per heavy atom. The molecule has 1 atom stereocenters. The number of rotatable bonds is 1. The molecule has 0 radical (unpaired) electrons. The Morgan fingerprint density at radius 2 is 1.96 bits per heavy atom. The second-order valence-electron chi connectivity index (χ2n) is 7.08. The summed E-state index contributed by atoms with van der Waals surface area (Å²) in [5.74, 6) is 0.928. The molecule has 1 fully saturated rings. The van der Waals surface area contributed by atoms with Gasteiger partial charge in [0.1, 0.15) is 5.82 Å². The predicted octanol–water partition coefficient (Wildman–Crippen LogP) is 1.21. The van der Waals surface area contributed by atoms with Crippen molar-refractivity contribution in [1.82, 2.24) is 9.55 Å². The molecule has 4 rings (SSSR count). The molecule has 0 amide bonds. The smallest absolute Gasteiger partial charge is 0.256 e. The maximum Gasteiger partial charge on any atom is 0.256 e. The van der Waals surface area contributed by atoms with Gasteiger partial charge in [0, 0.05) is 32.2 Å². The van der Waals surface area contributed by atoms with Gasteiger partial charge in [0.15, 0.2) is 0 Å². The van der Waals surface area contributed by atoms with Gasteiger partial charge in [0.2, 0.25) is 5.95 Å². The van der Waals surface area contributed by atoms with E-state index >= 15 is 0 Å². The summed E-state index contributed by atoms with van der Waals surface area (Å²) in [6.45, 7) is 1.68. The van der Waals surface area contributed by atoms with Crippen molar-refractivity contribution in [3.05, 3.63) is 51.8 Å². The Morgan fingerprint density at radius 3 is 2.67 bits per heavy atom. The molecule has 0 saturated carbocycles. The van der Waals surface area contributed by atoms with Crippen LogP contribution in [0.3, 0.4) is 0 Å². The summed E-state index contributed by atoms with van der Waals surface area (Å²) in [6, 6.07) is 9.96. The van der Waals surface area contributed by atoms with Crippen LogP contribution in [0.4, 0.5) is 11.8 Å². The van der Waals surface area contributed by atoms with E-state index in [1.165, 1.54) is 17.2 Å². The second-order valence-corrected chi connectivity index (χ2v) is 7.08. The zero-order chi connectivity index (χ0) is 16.9. The summed E-state index contributed by atoms with van der Waals surface area (Å²) in [7, 11) is 1.74. The van der Waals surface area contributed by atoms with Crippen LogP contribution < -0.4 is 21.9 Å². The average Bonchev–Trinajstić information content (AvgIpc) is 2.84. The topological polar surface area (TPSA) is 90.2 Å². The van der Waals surface area contributed by atoms with E-state index in [0.29, 0.717) is 5.95 Å². The maximum atomic E-state index is 12.0. The van der Waals surface area contributed by atoms with Crippen LogP contribution in [0.25, 0.3) is 0 Å². The van der Waals surface area contributed by atoms with Crippen molar-refractivity contribution in [3.8, 4) is 0 Å². The molecule has 0 bridgehead atoms. The van der Waals surface area contributed by atoms with Gasteiger partial charge in [0.25, 0.3) is 5.56 Å². The monoisotopic (exact) mass is 325 g/mol. The molecule has 0 unspecified atom stereocenters. The van der Waals surface area contributed by atoms with Crippen molar-refractivity contribution in [2.45, 2.75) is 25.3 Å². The Labute approximate surface area is 141 Å². The van der Waals surface area contributed by atoms with Crippen LogP contribution >= 0.6 is 0 Å². The molecule has 6 nitrogen and oxygen atoms in total. The molecule has 2 heterocycles. The minimum atomic E-state index is -0.122. The first kappa shape index (κ1) is 15.2. The number of nitrogens with two attached hydrogens (primary N) is 2. The SMILES string of the molecule is Cn1c(N2CCC3(CC2)Cc2ccccc2[C@H]3N)nc(N)cc1=O. The molecule has 2 aromatic rings. The van der Waals surface area contributed by atoms with Crippen LogP contribution in [0.2, 0.25) is 0 Å². The molecular weight excluding hydrogens is 302 g/mol. The van der Waals surface area contributed by atoms with Crippen molar-refractivity contribution in [2.24, 2.45) is 18.2 Å². The largest absolute Gasteiger partial charge is 0.383 e. The quantitative estimate of drug-likeness (QED) is 0.822. The third-order valence-corrected chi connectivity index (χ3v) is 5.77. The van der Waals surface area contributed by atoms with Crippen LogP contribution in [0.15, 0.2) is 35.1 Å². The molecular formula is C18H23N5O.